The standard InChI is InChI=1S/C3H3B/c1-3-4-2/h1H,2H2. The summed E-state index contributed by atoms with van der Waals surface area (Å²) in [7, 11) is 0. The second-order valence-electron chi connectivity index (χ2n) is 0.371. The average molecular weight is 49.9 g/mol. The normalized spacial score (nSPS) is 2.75. The van der Waals surface area contributed by atoms with Crippen molar-refractivity contribution in [3.05, 3.63) is 0 Å². The van der Waals surface area contributed by atoms with Gasteiger partial charge in [-0.15, -0.1) is 0 Å². The fraction of sp³-hybridized carbons (Fsp3) is 0. The molecule has 0 heterocycles. The predicted octanol–water partition coefficient (Wildman–Crippen LogP) is -0.287. The summed E-state index contributed by atoms with van der Waals surface area (Å²) < 4.78 is 0. The van der Waals surface area contributed by atoms with E-state index in [0.717, 1.165) is 0 Å². The van der Waals surface area contributed by atoms with Gasteiger partial charge in [-0.05, 0) is 0 Å². The average Bonchev–Trinajstić information content (AvgIpc) is 1.37. The fourth-order valence-electron chi connectivity index (χ4n) is 0. The van der Waals surface area contributed by atoms with Crippen molar-refractivity contribution >= 4 is 13.4 Å². The van der Waals surface area contributed by atoms with Crippen LogP contribution in [0.15, 0.2) is 0 Å². The van der Waals surface area contributed by atoms with E-state index < -0.39 is 0 Å². The third-order valence-electron chi connectivity index (χ3n) is 0.118. The van der Waals surface area contributed by atoms with E-state index in [1.54, 1.807) is 0 Å². The Morgan fingerprint density at radius 3 is 2.25 bits per heavy atom. The van der Waals surface area contributed by atoms with Crippen LogP contribution in [0.5, 0.6) is 0 Å². The van der Waals surface area contributed by atoms with Crippen molar-refractivity contribution in [3.63, 3.8) is 0 Å². The molecule has 18 valence electrons. The van der Waals surface area contributed by atoms with Gasteiger partial charge in [0.05, 0.1) is 0 Å². The molecule has 0 amide bonds. The SMILES string of the molecule is C#CB=C. The molecule has 0 aliphatic carbocycles. The molecular formula is C3H3B. The quantitative estimate of drug-likeness (QED) is 0.261. The van der Waals surface area contributed by atoms with Gasteiger partial charge < -0.3 is 0 Å². The number of hydrogen-bond acceptors (Lipinski definition) is 0. The van der Waals surface area contributed by atoms with Crippen LogP contribution in [0.2, 0.25) is 0 Å². The summed E-state index contributed by atoms with van der Waals surface area (Å²) in [5.74, 6) is 2.19. The summed E-state index contributed by atoms with van der Waals surface area (Å²) in [6, 6.07) is 0. The Balaban J connectivity index is 2.92. The Kier molecular flexibility index (Phi) is 2.18. The minimum absolute atomic E-state index is 1.40. The van der Waals surface area contributed by atoms with E-state index in [9.17, 15) is 0 Å². The van der Waals surface area contributed by atoms with Crippen LogP contribution in [0.1, 0.15) is 0 Å². The maximum atomic E-state index is 4.66. The fourth-order valence-corrected chi connectivity index (χ4v) is 0. The summed E-state index contributed by atoms with van der Waals surface area (Å²) in [5.41, 5.74) is 0. The predicted molar refractivity (Wildman–Crippen MR) is 21.7 cm³/mol. The van der Waals surface area contributed by atoms with Gasteiger partial charge >= 0.3 is 25.6 Å². The van der Waals surface area contributed by atoms with Crippen LogP contribution in [0.4, 0.5) is 0 Å². The second kappa shape index (κ2) is 2.49. The number of rotatable bonds is 0. The van der Waals surface area contributed by atoms with Gasteiger partial charge in [0.25, 0.3) is 0 Å². The molecule has 0 aromatic carbocycles. The molecule has 1 heteroatoms. The molecule has 0 saturated carbocycles. The Labute approximate surface area is 26.7 Å². The molecule has 0 radical (unpaired) electrons. The van der Waals surface area contributed by atoms with Crippen molar-refractivity contribution in [3.8, 4) is 12.2 Å². The van der Waals surface area contributed by atoms with Crippen LogP contribution in [0.25, 0.3) is 0 Å². The molecule has 0 spiro atoms. The Bertz CT molecular complexity index is 48.8. The molecular weight excluding hydrogens is 46.8 g/mol. The molecule has 0 aromatic heterocycles. The molecule has 4 heavy (non-hydrogen) atoms. The van der Waals surface area contributed by atoms with Crippen molar-refractivity contribution in [2.24, 2.45) is 0 Å². The second-order valence-corrected chi connectivity index (χ2v) is 0.371. The summed E-state index contributed by atoms with van der Waals surface area (Å²) in [6.07, 6.45) is 4.66. The van der Waals surface area contributed by atoms with E-state index in [1.165, 1.54) is 6.92 Å². The molecule has 0 aliphatic rings. The molecule has 0 nitrogen and oxygen atoms in total. The zero-order valence-electron chi connectivity index (χ0n) is 2.36. The van der Waals surface area contributed by atoms with Crippen LogP contribution >= 0.6 is 0 Å². The summed E-state index contributed by atoms with van der Waals surface area (Å²) in [5, 5.41) is 0. The van der Waals surface area contributed by atoms with Crippen molar-refractivity contribution in [2.45, 2.75) is 0 Å². The molecule has 0 saturated heterocycles. The van der Waals surface area contributed by atoms with E-state index in [-0.39, 0.29) is 0 Å². The van der Waals surface area contributed by atoms with Crippen LogP contribution in [-0.2, 0) is 0 Å². The molecule has 0 fully saturated rings. The Morgan fingerprint density at radius 2 is 2.25 bits per heavy atom. The van der Waals surface area contributed by atoms with Crippen molar-refractivity contribution < 1.29 is 0 Å². The van der Waals surface area contributed by atoms with Crippen molar-refractivity contribution in [1.29, 1.82) is 0 Å². The van der Waals surface area contributed by atoms with Crippen LogP contribution in [-0.4, -0.2) is 13.4 Å². The van der Waals surface area contributed by atoms with E-state index in [4.69, 9.17) is 0 Å². The van der Waals surface area contributed by atoms with E-state index in [1.807, 2.05) is 0 Å². The van der Waals surface area contributed by atoms with E-state index in [0.29, 0.717) is 0 Å². The molecule has 0 rings (SSSR count). The van der Waals surface area contributed by atoms with Crippen LogP contribution < -0.4 is 0 Å². The zero-order valence-corrected chi connectivity index (χ0v) is 2.36. The monoisotopic (exact) mass is 50.0 g/mol. The van der Waals surface area contributed by atoms with Crippen LogP contribution in [0, 0.1) is 12.2 Å². The van der Waals surface area contributed by atoms with Gasteiger partial charge in [-0.1, -0.05) is 0 Å². The van der Waals surface area contributed by atoms with Gasteiger partial charge in [0.1, 0.15) is 0 Å². The molecule has 0 aromatic rings. The van der Waals surface area contributed by atoms with E-state index in [2.05, 4.69) is 18.7 Å². The summed E-state index contributed by atoms with van der Waals surface area (Å²) >= 11 is 0. The van der Waals surface area contributed by atoms with Gasteiger partial charge in [0.15, 0.2) is 0 Å². The van der Waals surface area contributed by atoms with Crippen LogP contribution in [0.3, 0.4) is 0 Å². The zero-order chi connectivity index (χ0) is 3.41. The van der Waals surface area contributed by atoms with Gasteiger partial charge in [-0.25, -0.2) is 0 Å². The van der Waals surface area contributed by atoms with Gasteiger partial charge in [-0.3, -0.25) is 0 Å². The molecule has 0 aliphatic heterocycles. The van der Waals surface area contributed by atoms with Crippen molar-refractivity contribution in [2.75, 3.05) is 0 Å². The number of hydrogen-bond donors (Lipinski definition) is 0. The Morgan fingerprint density at radius 1 is 2.00 bits per heavy atom. The summed E-state index contributed by atoms with van der Waals surface area (Å²) in [4.78, 5) is 0. The summed E-state index contributed by atoms with van der Waals surface area (Å²) in [6.45, 7) is 4.65. The molecule has 0 N–H and O–H groups in total. The van der Waals surface area contributed by atoms with Crippen molar-refractivity contribution in [1.82, 2.24) is 0 Å². The van der Waals surface area contributed by atoms with Gasteiger partial charge in [-0.2, -0.15) is 0 Å². The molecule has 0 bridgehead atoms. The topological polar surface area (TPSA) is 0 Å². The minimum atomic E-state index is 1.40. The molecule has 0 atom stereocenters. The first-order chi connectivity index (χ1) is 1.91. The first-order valence-corrected chi connectivity index (χ1v) is 0.986. The first kappa shape index (κ1) is 3.49. The third kappa shape index (κ3) is 1.49. The maximum absolute atomic E-state index is 4.66. The molecule has 0 unspecified atom stereocenters. The Hall–Kier alpha value is -0.505. The van der Waals surface area contributed by atoms with E-state index >= 15 is 0 Å². The van der Waals surface area contributed by atoms with Gasteiger partial charge in [0, 0.05) is 0 Å². The number of terminal acetylenes is 1. The first-order valence-electron chi connectivity index (χ1n) is 0.986. The third-order valence-corrected chi connectivity index (χ3v) is 0.118. The van der Waals surface area contributed by atoms with Gasteiger partial charge in [0.2, 0.25) is 0 Å².